The minimum Gasteiger partial charge on any atom is -0.481 e. The van der Waals surface area contributed by atoms with Gasteiger partial charge in [-0.05, 0) is 24.0 Å². The summed E-state index contributed by atoms with van der Waals surface area (Å²) in [5.41, 5.74) is 1.57. The fourth-order valence-electron chi connectivity index (χ4n) is 1.86. The Morgan fingerprint density at radius 2 is 1.90 bits per heavy atom. The third-order valence-electron chi connectivity index (χ3n) is 2.91. The number of carboxylic acids is 1. The number of amides is 1. The van der Waals surface area contributed by atoms with Crippen LogP contribution in [0.25, 0.3) is 0 Å². The summed E-state index contributed by atoms with van der Waals surface area (Å²) in [6.07, 6.45) is 7.86. The van der Waals surface area contributed by atoms with E-state index in [0.717, 1.165) is 24.0 Å². The van der Waals surface area contributed by atoms with Gasteiger partial charge in [-0.25, -0.2) is 0 Å². The molecule has 0 radical (unpaired) electrons. The van der Waals surface area contributed by atoms with Gasteiger partial charge in [-0.3, -0.25) is 9.59 Å². The summed E-state index contributed by atoms with van der Waals surface area (Å²) in [5.74, 6) is 1.63. The predicted octanol–water partition coefficient (Wildman–Crippen LogP) is 2.12. The van der Waals surface area contributed by atoms with Crippen LogP contribution in [-0.4, -0.2) is 17.0 Å². The molecule has 0 unspecified atom stereocenters. The predicted molar refractivity (Wildman–Crippen MR) is 76.9 cm³/mol. The summed E-state index contributed by atoms with van der Waals surface area (Å²) in [4.78, 5) is 22.4. The number of aliphatic carboxylic acids is 1. The van der Waals surface area contributed by atoms with Crippen LogP contribution >= 0.6 is 0 Å². The molecule has 0 aliphatic rings. The highest BCUT2D eigenvalue weighted by molar-refractivity contribution is 5.76. The summed E-state index contributed by atoms with van der Waals surface area (Å²) in [6.45, 7) is 0.359. The molecule has 0 fully saturated rings. The van der Waals surface area contributed by atoms with Crippen LogP contribution < -0.4 is 5.32 Å². The van der Waals surface area contributed by atoms with Crippen LogP contribution in [0, 0.1) is 12.3 Å². The number of nitrogens with one attached hydrogen (secondary N) is 1. The number of carbonyl (C=O) groups excluding carboxylic acids is 1. The third-order valence-corrected chi connectivity index (χ3v) is 2.91. The Balaban J connectivity index is 2.43. The number of hydrogen-bond donors (Lipinski definition) is 2. The van der Waals surface area contributed by atoms with Gasteiger partial charge >= 0.3 is 5.97 Å². The monoisotopic (exact) mass is 273 g/mol. The number of rotatable bonds is 8. The van der Waals surface area contributed by atoms with Crippen molar-refractivity contribution in [1.82, 2.24) is 5.32 Å². The first kappa shape index (κ1) is 15.8. The molecule has 1 aromatic carbocycles. The van der Waals surface area contributed by atoms with E-state index >= 15 is 0 Å². The van der Waals surface area contributed by atoms with E-state index in [1.54, 1.807) is 12.1 Å². The molecular formula is C16H19NO3. The van der Waals surface area contributed by atoms with Gasteiger partial charge in [-0.2, -0.15) is 0 Å². The van der Waals surface area contributed by atoms with Crippen molar-refractivity contribution in [2.75, 3.05) is 0 Å². The zero-order chi connectivity index (χ0) is 14.8. The zero-order valence-electron chi connectivity index (χ0n) is 11.4. The molecule has 0 bridgehead atoms. The third kappa shape index (κ3) is 6.05. The maximum atomic E-state index is 11.6. The van der Waals surface area contributed by atoms with E-state index in [4.69, 9.17) is 11.5 Å². The molecule has 4 heteroatoms. The number of hydrogen-bond acceptors (Lipinski definition) is 2. The second-order valence-electron chi connectivity index (χ2n) is 4.53. The number of unbranched alkanes of at least 4 members (excludes halogenated alkanes) is 2. The Labute approximate surface area is 119 Å². The minimum atomic E-state index is -0.877. The molecule has 1 amide bonds. The molecule has 0 saturated heterocycles. The van der Waals surface area contributed by atoms with Gasteiger partial charge in [0.1, 0.15) is 0 Å². The molecule has 2 N–H and O–H groups in total. The summed E-state index contributed by atoms with van der Waals surface area (Å²) in [6, 6.07) is 7.22. The molecule has 20 heavy (non-hydrogen) atoms. The summed E-state index contributed by atoms with van der Waals surface area (Å²) >= 11 is 0. The molecule has 0 spiro atoms. The highest BCUT2D eigenvalue weighted by Gasteiger charge is 2.07. The number of terminal acetylenes is 1. The van der Waals surface area contributed by atoms with E-state index in [1.807, 2.05) is 12.1 Å². The molecule has 106 valence electrons. The van der Waals surface area contributed by atoms with Gasteiger partial charge in [0, 0.05) is 19.4 Å². The van der Waals surface area contributed by atoms with Crippen molar-refractivity contribution in [2.45, 2.75) is 38.6 Å². The van der Waals surface area contributed by atoms with Crippen molar-refractivity contribution in [1.29, 1.82) is 0 Å². The van der Waals surface area contributed by atoms with Crippen LogP contribution in [0.3, 0.4) is 0 Å². The number of carboxylic acid groups (broad SMARTS) is 1. The summed E-state index contributed by atoms with van der Waals surface area (Å²) in [7, 11) is 0. The Morgan fingerprint density at radius 1 is 1.20 bits per heavy atom. The average molecular weight is 273 g/mol. The van der Waals surface area contributed by atoms with Crippen LogP contribution in [0.15, 0.2) is 24.3 Å². The van der Waals surface area contributed by atoms with Gasteiger partial charge < -0.3 is 10.4 Å². The first-order valence-corrected chi connectivity index (χ1v) is 6.62. The molecule has 4 nitrogen and oxygen atoms in total. The summed E-state index contributed by atoms with van der Waals surface area (Å²) < 4.78 is 0. The highest BCUT2D eigenvalue weighted by Crippen LogP contribution is 2.09. The van der Waals surface area contributed by atoms with Crippen LogP contribution in [0.4, 0.5) is 0 Å². The molecule has 0 atom stereocenters. The fraction of sp³-hybridized carbons (Fsp3) is 0.375. The van der Waals surface area contributed by atoms with Gasteiger partial charge in [0.2, 0.25) is 5.91 Å². The Bertz CT molecular complexity index is 503. The van der Waals surface area contributed by atoms with Crippen molar-refractivity contribution in [3.8, 4) is 12.3 Å². The standard InChI is InChI=1S/C16H19NO3/c1-2-3-4-5-10-15(18)17-12-14-9-7-6-8-13(14)11-16(19)20/h1,6-9H,3-5,10-12H2,(H,17,18)(H,19,20). The fourth-order valence-corrected chi connectivity index (χ4v) is 1.86. The van der Waals surface area contributed by atoms with Crippen LogP contribution in [0.5, 0.6) is 0 Å². The molecule has 1 aromatic rings. The quantitative estimate of drug-likeness (QED) is 0.563. The number of carbonyl (C=O) groups is 2. The molecular weight excluding hydrogens is 254 g/mol. The lowest BCUT2D eigenvalue weighted by molar-refractivity contribution is -0.136. The second-order valence-corrected chi connectivity index (χ2v) is 4.53. The van der Waals surface area contributed by atoms with E-state index in [2.05, 4.69) is 11.2 Å². The van der Waals surface area contributed by atoms with Gasteiger partial charge in [-0.15, -0.1) is 12.3 Å². The van der Waals surface area contributed by atoms with Gasteiger partial charge in [0.15, 0.2) is 0 Å². The van der Waals surface area contributed by atoms with Crippen molar-refractivity contribution in [3.63, 3.8) is 0 Å². The molecule has 0 aliphatic carbocycles. The topological polar surface area (TPSA) is 66.4 Å². The van der Waals surface area contributed by atoms with E-state index in [0.29, 0.717) is 19.4 Å². The van der Waals surface area contributed by atoms with Crippen LogP contribution in [0.1, 0.15) is 36.8 Å². The highest BCUT2D eigenvalue weighted by atomic mass is 16.4. The van der Waals surface area contributed by atoms with E-state index in [1.165, 1.54) is 0 Å². The summed E-state index contributed by atoms with van der Waals surface area (Å²) in [5, 5.41) is 11.6. The average Bonchev–Trinajstić information content (AvgIpc) is 2.42. The lowest BCUT2D eigenvalue weighted by Gasteiger charge is -2.09. The molecule has 1 rings (SSSR count). The van der Waals surface area contributed by atoms with Crippen LogP contribution in [0.2, 0.25) is 0 Å². The van der Waals surface area contributed by atoms with E-state index in [-0.39, 0.29) is 12.3 Å². The maximum Gasteiger partial charge on any atom is 0.307 e. The van der Waals surface area contributed by atoms with Crippen molar-refractivity contribution in [2.24, 2.45) is 0 Å². The molecule has 0 heterocycles. The maximum absolute atomic E-state index is 11.6. The molecule has 0 aromatic heterocycles. The van der Waals surface area contributed by atoms with Crippen LogP contribution in [-0.2, 0) is 22.6 Å². The minimum absolute atomic E-state index is 0.0335. The SMILES string of the molecule is C#CCCCCC(=O)NCc1ccccc1CC(=O)O. The molecule has 0 aliphatic heterocycles. The van der Waals surface area contributed by atoms with Crippen molar-refractivity contribution >= 4 is 11.9 Å². The largest absolute Gasteiger partial charge is 0.481 e. The van der Waals surface area contributed by atoms with Gasteiger partial charge in [-0.1, -0.05) is 24.3 Å². The lowest BCUT2D eigenvalue weighted by atomic mass is 10.0. The van der Waals surface area contributed by atoms with Crippen molar-refractivity contribution < 1.29 is 14.7 Å². The Morgan fingerprint density at radius 3 is 2.55 bits per heavy atom. The number of benzene rings is 1. The van der Waals surface area contributed by atoms with E-state index in [9.17, 15) is 9.59 Å². The molecule has 0 saturated carbocycles. The second kappa shape index (κ2) is 8.76. The van der Waals surface area contributed by atoms with E-state index < -0.39 is 5.97 Å². The van der Waals surface area contributed by atoms with Crippen molar-refractivity contribution in [3.05, 3.63) is 35.4 Å². The Hall–Kier alpha value is -2.28. The van der Waals surface area contributed by atoms with Gasteiger partial charge in [0.25, 0.3) is 0 Å². The Kier molecular flexibility index (Phi) is 6.91. The zero-order valence-corrected chi connectivity index (χ0v) is 11.4. The van der Waals surface area contributed by atoms with Gasteiger partial charge in [0.05, 0.1) is 6.42 Å². The lowest BCUT2D eigenvalue weighted by Crippen LogP contribution is -2.23. The smallest absolute Gasteiger partial charge is 0.307 e. The first-order valence-electron chi connectivity index (χ1n) is 6.62. The first-order chi connectivity index (χ1) is 9.63. The normalized spacial score (nSPS) is 9.75.